The van der Waals surface area contributed by atoms with Crippen molar-refractivity contribution in [3.05, 3.63) is 78.1 Å². The molecule has 0 saturated heterocycles. The zero-order chi connectivity index (χ0) is 23.0. The Bertz CT molecular complexity index is 970. The molecule has 31 heavy (non-hydrogen) atoms. The van der Waals surface area contributed by atoms with Gasteiger partial charge in [-0.15, -0.1) is 13.2 Å². The molecule has 0 unspecified atom stereocenters. The van der Waals surface area contributed by atoms with Crippen LogP contribution in [-0.2, 0) is 0 Å². The normalized spacial score (nSPS) is 11.1. The number of rotatable bonds is 6. The lowest BCUT2D eigenvalue weighted by Gasteiger charge is -2.14. The molecule has 0 radical (unpaired) electrons. The lowest BCUT2D eigenvalue weighted by molar-refractivity contribution is -0.274. The third-order valence-corrected chi connectivity index (χ3v) is 6.30. The fourth-order valence-electron chi connectivity index (χ4n) is 2.54. The van der Waals surface area contributed by atoms with E-state index < -0.39 is 12.2 Å². The highest BCUT2D eigenvalue weighted by Crippen LogP contribution is 2.42. The van der Waals surface area contributed by atoms with Gasteiger partial charge in [-0.05, 0) is 53.9 Å². The number of alkyl halides is 3. The smallest absolute Gasteiger partial charge is 0.406 e. The van der Waals surface area contributed by atoms with Crippen molar-refractivity contribution in [1.82, 2.24) is 0 Å². The number of benzene rings is 3. The number of hydrogen-bond donors (Lipinski definition) is 0. The van der Waals surface area contributed by atoms with E-state index in [4.69, 9.17) is 0 Å². The maximum atomic E-state index is 14.1. The van der Waals surface area contributed by atoms with Crippen LogP contribution in [0.5, 0.6) is 5.75 Å². The first-order valence-corrected chi connectivity index (χ1v) is 11.4. The monoisotopic (exact) mass is 468 g/mol. The van der Waals surface area contributed by atoms with E-state index >= 15 is 0 Å². The third-order valence-electron chi connectivity index (χ3n) is 3.98. The van der Waals surface area contributed by atoms with Crippen molar-refractivity contribution >= 4 is 23.5 Å². The van der Waals surface area contributed by atoms with Crippen LogP contribution in [0.1, 0.15) is 39.2 Å². The van der Waals surface area contributed by atoms with E-state index in [1.54, 1.807) is 24.3 Å². The largest absolute Gasteiger partial charge is 0.573 e. The molecule has 7 heteroatoms. The van der Waals surface area contributed by atoms with E-state index in [9.17, 15) is 17.6 Å². The van der Waals surface area contributed by atoms with Gasteiger partial charge < -0.3 is 4.74 Å². The van der Waals surface area contributed by atoms with Crippen molar-refractivity contribution in [2.75, 3.05) is 0 Å². The first kappa shape index (κ1) is 25.1. The third kappa shape index (κ3) is 7.82. The van der Waals surface area contributed by atoms with Gasteiger partial charge >= 0.3 is 6.36 Å². The van der Waals surface area contributed by atoms with Crippen LogP contribution in [0.15, 0.2) is 86.3 Å². The average molecular weight is 469 g/mol. The zero-order valence-corrected chi connectivity index (χ0v) is 19.3. The predicted octanol–water partition coefficient (Wildman–Crippen LogP) is 9.18. The SMILES string of the molecule is CC.CC(C)c1ccc(Sc2ccc(OC(F)(F)F)cc2Sc2ccccc2F)cc1. The second-order valence-corrected chi connectivity index (χ2v) is 8.71. The van der Waals surface area contributed by atoms with Crippen LogP contribution >= 0.6 is 23.5 Å². The van der Waals surface area contributed by atoms with Gasteiger partial charge in [-0.25, -0.2) is 4.39 Å². The summed E-state index contributed by atoms with van der Waals surface area (Å²) < 4.78 is 56.0. The Morgan fingerprint density at radius 1 is 0.774 bits per heavy atom. The molecule has 0 amide bonds. The highest BCUT2D eigenvalue weighted by atomic mass is 32.2. The minimum absolute atomic E-state index is 0.327. The van der Waals surface area contributed by atoms with Crippen molar-refractivity contribution in [2.24, 2.45) is 0 Å². The molecule has 3 rings (SSSR count). The van der Waals surface area contributed by atoms with E-state index in [-0.39, 0.29) is 5.75 Å². The van der Waals surface area contributed by atoms with Crippen LogP contribution < -0.4 is 4.74 Å². The van der Waals surface area contributed by atoms with E-state index in [1.165, 1.54) is 35.5 Å². The van der Waals surface area contributed by atoms with Crippen LogP contribution in [0.25, 0.3) is 0 Å². The van der Waals surface area contributed by atoms with Crippen LogP contribution in [0.3, 0.4) is 0 Å². The maximum Gasteiger partial charge on any atom is 0.573 e. The second-order valence-electron chi connectivity index (χ2n) is 6.51. The lowest BCUT2D eigenvalue weighted by Crippen LogP contribution is -2.17. The van der Waals surface area contributed by atoms with Crippen molar-refractivity contribution in [3.63, 3.8) is 0 Å². The molecular formula is C24H24F4OS2. The van der Waals surface area contributed by atoms with Gasteiger partial charge in [-0.1, -0.05) is 75.5 Å². The molecule has 0 atom stereocenters. The molecule has 0 N–H and O–H groups in total. The molecule has 0 heterocycles. The van der Waals surface area contributed by atoms with Gasteiger partial charge in [0.25, 0.3) is 0 Å². The van der Waals surface area contributed by atoms with Crippen LogP contribution in [0.4, 0.5) is 17.6 Å². The molecule has 0 aromatic heterocycles. The summed E-state index contributed by atoms with van der Waals surface area (Å²) in [6.07, 6.45) is -4.79. The first-order chi connectivity index (χ1) is 14.7. The van der Waals surface area contributed by atoms with Gasteiger partial charge in [-0.3, -0.25) is 0 Å². The van der Waals surface area contributed by atoms with Crippen molar-refractivity contribution < 1.29 is 22.3 Å². The highest BCUT2D eigenvalue weighted by Gasteiger charge is 2.31. The molecule has 0 aliphatic carbocycles. The average Bonchev–Trinajstić information content (AvgIpc) is 2.72. The van der Waals surface area contributed by atoms with Gasteiger partial charge in [0.15, 0.2) is 0 Å². The molecule has 0 aliphatic rings. The van der Waals surface area contributed by atoms with E-state index in [0.717, 1.165) is 16.7 Å². The van der Waals surface area contributed by atoms with Gasteiger partial charge in [0.1, 0.15) is 11.6 Å². The summed E-state index contributed by atoms with van der Waals surface area (Å²) in [5.74, 6) is -0.368. The number of halogens is 4. The molecule has 0 bridgehead atoms. The van der Waals surface area contributed by atoms with Gasteiger partial charge in [0.2, 0.25) is 0 Å². The molecule has 3 aromatic carbocycles. The van der Waals surface area contributed by atoms with E-state index in [2.05, 4.69) is 18.6 Å². The van der Waals surface area contributed by atoms with Crippen LogP contribution in [-0.4, -0.2) is 6.36 Å². The van der Waals surface area contributed by atoms with Gasteiger partial charge in [0.05, 0.1) is 0 Å². The summed E-state index contributed by atoms with van der Waals surface area (Å²) in [5, 5.41) is 0. The Hall–Kier alpha value is -2.12. The molecule has 1 nitrogen and oxygen atoms in total. The topological polar surface area (TPSA) is 9.23 Å². The molecule has 0 aliphatic heterocycles. The van der Waals surface area contributed by atoms with Crippen LogP contribution in [0.2, 0.25) is 0 Å². The summed E-state index contributed by atoms with van der Waals surface area (Å²) in [5.41, 5.74) is 1.20. The fraction of sp³-hybridized carbons (Fsp3) is 0.250. The predicted molar refractivity (Wildman–Crippen MR) is 120 cm³/mol. The van der Waals surface area contributed by atoms with Crippen molar-refractivity contribution in [1.29, 1.82) is 0 Å². The summed E-state index contributed by atoms with van der Waals surface area (Å²) in [6, 6.07) is 18.3. The number of ether oxygens (including phenoxy) is 1. The minimum atomic E-state index is -4.79. The van der Waals surface area contributed by atoms with E-state index in [0.29, 0.717) is 20.6 Å². The van der Waals surface area contributed by atoms with Crippen molar-refractivity contribution in [3.8, 4) is 5.75 Å². The molecule has 0 fully saturated rings. The van der Waals surface area contributed by atoms with Crippen LogP contribution in [0, 0.1) is 5.82 Å². The summed E-state index contributed by atoms with van der Waals surface area (Å²) in [6.45, 7) is 8.20. The second kappa shape index (κ2) is 11.5. The van der Waals surface area contributed by atoms with Gasteiger partial charge in [0, 0.05) is 19.6 Å². The molecule has 166 valence electrons. The minimum Gasteiger partial charge on any atom is -0.406 e. The lowest BCUT2D eigenvalue weighted by atomic mass is 10.0. The zero-order valence-electron chi connectivity index (χ0n) is 17.7. The number of hydrogen-bond acceptors (Lipinski definition) is 3. The Balaban J connectivity index is 0.00000166. The van der Waals surface area contributed by atoms with E-state index in [1.807, 2.05) is 38.1 Å². The standard InChI is InChI=1S/C22H18F4OS2.C2H6/c1-14(2)15-7-10-17(11-8-15)28-20-12-9-16(27-22(24,25)26)13-21(20)29-19-6-4-3-5-18(19)23;1-2/h3-14H,1-2H3;1-2H3. The molecule has 3 aromatic rings. The quantitative estimate of drug-likeness (QED) is 0.334. The summed E-state index contributed by atoms with van der Waals surface area (Å²) in [4.78, 5) is 2.46. The van der Waals surface area contributed by atoms with Gasteiger partial charge in [-0.2, -0.15) is 0 Å². The Kier molecular flexibility index (Phi) is 9.32. The molecule has 0 spiro atoms. The Morgan fingerprint density at radius 2 is 1.42 bits per heavy atom. The highest BCUT2D eigenvalue weighted by molar-refractivity contribution is 8.02. The first-order valence-electron chi connectivity index (χ1n) is 9.81. The maximum absolute atomic E-state index is 14.1. The molecular weight excluding hydrogens is 444 g/mol. The summed E-state index contributed by atoms with van der Waals surface area (Å²) in [7, 11) is 0. The van der Waals surface area contributed by atoms with Crippen molar-refractivity contribution in [2.45, 2.75) is 59.6 Å². The summed E-state index contributed by atoms with van der Waals surface area (Å²) >= 11 is 2.47. The fourth-order valence-corrected chi connectivity index (χ4v) is 4.51. The Morgan fingerprint density at radius 3 is 2.00 bits per heavy atom. The Labute approximate surface area is 189 Å². The molecule has 0 saturated carbocycles.